The smallest absolute Gasteiger partial charge is 0.235 e. The van der Waals surface area contributed by atoms with Crippen LogP contribution in [-0.4, -0.2) is 48.5 Å². The molecule has 2 aromatic rings. The molecule has 1 aromatic carbocycles. The van der Waals surface area contributed by atoms with Gasteiger partial charge in [0.25, 0.3) is 0 Å². The largest absolute Gasteiger partial charge is 0.354 e. The topological polar surface area (TPSA) is 48.5 Å². The van der Waals surface area contributed by atoms with Crippen LogP contribution < -0.4 is 10.2 Å². The van der Waals surface area contributed by atoms with E-state index < -0.39 is 0 Å². The van der Waals surface area contributed by atoms with Gasteiger partial charge in [0.1, 0.15) is 5.82 Å². The van der Waals surface area contributed by atoms with Gasteiger partial charge >= 0.3 is 0 Å². The number of hydrogen-bond acceptors (Lipinski definition) is 4. The van der Waals surface area contributed by atoms with Crippen LogP contribution in [0.15, 0.2) is 42.6 Å². The number of nitrogens with one attached hydrogen (secondary N) is 1. The molecule has 5 heteroatoms. The first-order valence-corrected chi connectivity index (χ1v) is 11.1. The Morgan fingerprint density at radius 1 is 1.03 bits per heavy atom. The number of nitrogens with zero attached hydrogens (tertiary/aromatic N) is 3. The van der Waals surface area contributed by atoms with Crippen molar-refractivity contribution in [3.8, 4) is 0 Å². The molecule has 0 bridgehead atoms. The number of piperazine rings is 1. The van der Waals surface area contributed by atoms with Crippen LogP contribution in [0.5, 0.6) is 0 Å². The van der Waals surface area contributed by atoms with Crippen LogP contribution in [0.25, 0.3) is 0 Å². The molecule has 1 saturated heterocycles. The van der Waals surface area contributed by atoms with E-state index in [0.717, 1.165) is 82.8 Å². The molecule has 1 unspecified atom stereocenters. The number of carbonyl (C=O) groups excluding carboxylic acids is 1. The number of benzene rings is 1. The van der Waals surface area contributed by atoms with Crippen molar-refractivity contribution < 1.29 is 4.79 Å². The van der Waals surface area contributed by atoms with E-state index >= 15 is 0 Å². The molecule has 0 spiro atoms. The second-order valence-corrected chi connectivity index (χ2v) is 8.70. The highest BCUT2D eigenvalue weighted by atomic mass is 16.2. The molecule has 152 valence electrons. The molecule has 0 saturated carbocycles. The van der Waals surface area contributed by atoms with Crippen molar-refractivity contribution in [2.45, 2.75) is 43.9 Å². The summed E-state index contributed by atoms with van der Waals surface area (Å²) in [6, 6.07) is 12.5. The average molecular weight is 391 g/mol. The molecule has 5 nitrogen and oxygen atoms in total. The Hall–Kier alpha value is -2.40. The van der Waals surface area contributed by atoms with Crippen molar-refractivity contribution in [2.75, 3.05) is 42.9 Å². The highest BCUT2D eigenvalue weighted by molar-refractivity contribution is 6.07. The lowest BCUT2D eigenvalue weighted by Crippen LogP contribution is -2.47. The number of carbonyl (C=O) groups is 1. The molecule has 1 fully saturated rings. The van der Waals surface area contributed by atoms with E-state index in [1.807, 2.05) is 12.3 Å². The molecule has 0 radical (unpaired) electrons. The minimum atomic E-state index is -0.262. The third-order valence-electron chi connectivity index (χ3n) is 7.04. The minimum Gasteiger partial charge on any atom is -0.354 e. The maximum Gasteiger partial charge on any atom is 0.235 e. The molecule has 5 rings (SSSR count). The van der Waals surface area contributed by atoms with Crippen LogP contribution in [0.1, 0.15) is 43.2 Å². The Morgan fingerprint density at radius 2 is 1.93 bits per heavy atom. The summed E-state index contributed by atoms with van der Waals surface area (Å²) in [5.74, 6) is 1.33. The summed E-state index contributed by atoms with van der Waals surface area (Å²) in [6.07, 6.45) is 8.37. The molecule has 1 N–H and O–H groups in total. The molecule has 3 heterocycles. The maximum atomic E-state index is 12.9. The van der Waals surface area contributed by atoms with Gasteiger partial charge in [-0.2, -0.15) is 0 Å². The molecule has 3 aliphatic rings. The number of amides is 1. The van der Waals surface area contributed by atoms with E-state index in [4.69, 9.17) is 0 Å². The number of hydrogen-bond donors (Lipinski definition) is 1. The summed E-state index contributed by atoms with van der Waals surface area (Å²) in [4.78, 5) is 22.3. The van der Waals surface area contributed by atoms with Crippen LogP contribution in [0, 0.1) is 0 Å². The molecule has 1 aromatic heterocycles. The second kappa shape index (κ2) is 7.79. The first kappa shape index (κ1) is 18.6. The van der Waals surface area contributed by atoms with Gasteiger partial charge in [-0.05, 0) is 68.0 Å². The molecule has 2 aliphatic heterocycles. The van der Waals surface area contributed by atoms with E-state index in [2.05, 4.69) is 50.4 Å². The lowest BCUT2D eigenvalue weighted by molar-refractivity contribution is -0.121. The van der Waals surface area contributed by atoms with Gasteiger partial charge in [-0.1, -0.05) is 24.6 Å². The standard InChI is InChI=1S/C24H30N4O/c29-23-24(12-6-8-19-7-5-9-20(26-23)22(19)24)11-2-4-14-27-15-17-28(18-16-27)21-10-1-3-13-25-21/h1,3,5,7,9-10,13H,2,4,6,8,11-12,14-18H2,(H,26,29). The van der Waals surface area contributed by atoms with Crippen molar-refractivity contribution in [3.63, 3.8) is 0 Å². The van der Waals surface area contributed by atoms with Crippen molar-refractivity contribution in [1.29, 1.82) is 0 Å². The van der Waals surface area contributed by atoms with E-state index in [1.165, 1.54) is 11.1 Å². The van der Waals surface area contributed by atoms with E-state index in [1.54, 1.807) is 0 Å². The van der Waals surface area contributed by atoms with Crippen LogP contribution >= 0.6 is 0 Å². The van der Waals surface area contributed by atoms with Crippen molar-refractivity contribution in [2.24, 2.45) is 0 Å². The lowest BCUT2D eigenvalue weighted by atomic mass is 9.68. The van der Waals surface area contributed by atoms with Gasteiger partial charge in [-0.3, -0.25) is 9.69 Å². The summed E-state index contributed by atoms with van der Waals surface area (Å²) >= 11 is 0. The fraction of sp³-hybridized carbons (Fsp3) is 0.500. The Bertz CT molecular complexity index is 876. The number of pyridine rings is 1. The quantitative estimate of drug-likeness (QED) is 0.766. The maximum absolute atomic E-state index is 12.9. The Morgan fingerprint density at radius 3 is 2.76 bits per heavy atom. The minimum absolute atomic E-state index is 0.239. The number of rotatable bonds is 6. The second-order valence-electron chi connectivity index (χ2n) is 8.70. The fourth-order valence-electron chi connectivity index (χ4n) is 5.52. The number of unbranched alkanes of at least 4 members (excludes halogenated alkanes) is 1. The number of aromatic nitrogens is 1. The number of aryl methyl sites for hydroxylation is 1. The molecule has 1 aliphatic carbocycles. The summed E-state index contributed by atoms with van der Waals surface area (Å²) in [6.45, 7) is 5.40. The third kappa shape index (κ3) is 3.42. The van der Waals surface area contributed by atoms with Crippen LogP contribution in [-0.2, 0) is 16.6 Å². The van der Waals surface area contributed by atoms with E-state index in [0.29, 0.717) is 0 Å². The van der Waals surface area contributed by atoms with Gasteiger partial charge in [-0.15, -0.1) is 0 Å². The first-order chi connectivity index (χ1) is 14.3. The molecular weight excluding hydrogens is 360 g/mol. The van der Waals surface area contributed by atoms with Crippen molar-refractivity contribution >= 4 is 17.4 Å². The molecule has 29 heavy (non-hydrogen) atoms. The van der Waals surface area contributed by atoms with E-state index in [9.17, 15) is 4.79 Å². The summed E-state index contributed by atoms with van der Waals surface area (Å²) in [7, 11) is 0. The Balaban J connectivity index is 1.14. The van der Waals surface area contributed by atoms with E-state index in [-0.39, 0.29) is 11.3 Å². The Kier molecular flexibility index (Phi) is 5.00. The van der Waals surface area contributed by atoms with Gasteiger partial charge in [0, 0.05) is 38.1 Å². The van der Waals surface area contributed by atoms with Gasteiger partial charge < -0.3 is 10.2 Å². The highest BCUT2D eigenvalue weighted by Crippen LogP contribution is 2.49. The zero-order chi connectivity index (χ0) is 19.7. The zero-order valence-corrected chi connectivity index (χ0v) is 17.1. The van der Waals surface area contributed by atoms with Gasteiger partial charge in [-0.25, -0.2) is 4.98 Å². The fourth-order valence-corrected chi connectivity index (χ4v) is 5.52. The summed E-state index contributed by atoms with van der Waals surface area (Å²) in [5, 5.41) is 3.17. The van der Waals surface area contributed by atoms with Crippen LogP contribution in [0.3, 0.4) is 0 Å². The third-order valence-corrected chi connectivity index (χ3v) is 7.04. The SMILES string of the molecule is O=C1Nc2cccc3c2C1(CCCCN1CCN(c2ccccn2)CC1)CCC3. The average Bonchev–Trinajstić information content (AvgIpc) is 3.06. The highest BCUT2D eigenvalue weighted by Gasteiger charge is 2.48. The van der Waals surface area contributed by atoms with Gasteiger partial charge in [0.2, 0.25) is 5.91 Å². The normalized spacial score (nSPS) is 23.7. The zero-order valence-electron chi connectivity index (χ0n) is 17.1. The molecular formula is C24H30N4O. The van der Waals surface area contributed by atoms with Crippen molar-refractivity contribution in [3.05, 3.63) is 53.7 Å². The van der Waals surface area contributed by atoms with Gasteiger partial charge in [0.15, 0.2) is 0 Å². The van der Waals surface area contributed by atoms with Crippen molar-refractivity contribution in [1.82, 2.24) is 9.88 Å². The predicted molar refractivity (Wildman–Crippen MR) is 116 cm³/mol. The monoisotopic (exact) mass is 390 g/mol. The molecule has 1 amide bonds. The summed E-state index contributed by atoms with van der Waals surface area (Å²) < 4.78 is 0. The number of anilines is 2. The van der Waals surface area contributed by atoms with Crippen LogP contribution in [0.4, 0.5) is 11.5 Å². The Labute approximate surface area is 173 Å². The molecule has 1 atom stereocenters. The van der Waals surface area contributed by atoms with Gasteiger partial charge in [0.05, 0.1) is 5.41 Å². The predicted octanol–water partition coefficient (Wildman–Crippen LogP) is 3.60. The first-order valence-electron chi connectivity index (χ1n) is 11.1. The van der Waals surface area contributed by atoms with Crippen LogP contribution in [0.2, 0.25) is 0 Å². The summed E-state index contributed by atoms with van der Waals surface area (Å²) in [5.41, 5.74) is 3.51. The lowest BCUT2D eigenvalue weighted by Gasteiger charge is -2.36.